The molecule has 0 amide bonds. The van der Waals surface area contributed by atoms with Gasteiger partial charge in [-0.25, -0.2) is 0 Å². The highest BCUT2D eigenvalue weighted by molar-refractivity contribution is 5.87. The minimum absolute atomic E-state index is 0.105. The van der Waals surface area contributed by atoms with Gasteiger partial charge >= 0.3 is 5.97 Å². The van der Waals surface area contributed by atoms with Crippen LogP contribution in [0.15, 0.2) is 24.3 Å². The van der Waals surface area contributed by atoms with Gasteiger partial charge < -0.3 is 10.1 Å². The van der Waals surface area contributed by atoms with Gasteiger partial charge in [-0.3, -0.25) is 4.79 Å². The largest absolute Gasteiger partial charge is 0.465 e. The summed E-state index contributed by atoms with van der Waals surface area (Å²) in [5.74, 6) is -0.116. The van der Waals surface area contributed by atoms with Gasteiger partial charge in [-0.1, -0.05) is 29.8 Å². The van der Waals surface area contributed by atoms with Gasteiger partial charge in [0.25, 0.3) is 0 Å². The van der Waals surface area contributed by atoms with Crippen molar-refractivity contribution < 1.29 is 9.53 Å². The molecule has 1 N–H and O–H groups in total. The third-order valence-corrected chi connectivity index (χ3v) is 3.97. The minimum Gasteiger partial charge on any atom is -0.465 e. The molecule has 0 aliphatic carbocycles. The SMILES string of the molecule is CCOC(=O)C1(c2cccc(C)c2)C(C)NC1C. The Labute approximate surface area is 109 Å². The first-order valence-corrected chi connectivity index (χ1v) is 6.53. The molecular formula is C15H21NO2. The van der Waals surface area contributed by atoms with E-state index in [2.05, 4.69) is 11.4 Å². The molecule has 0 aromatic heterocycles. The number of carbonyl (C=O) groups excluding carboxylic acids is 1. The van der Waals surface area contributed by atoms with E-state index in [1.807, 2.05) is 45.9 Å². The average Bonchev–Trinajstić information content (AvgIpc) is 2.29. The van der Waals surface area contributed by atoms with Crippen molar-refractivity contribution in [3.63, 3.8) is 0 Å². The van der Waals surface area contributed by atoms with Crippen molar-refractivity contribution >= 4 is 5.97 Å². The van der Waals surface area contributed by atoms with Crippen LogP contribution >= 0.6 is 0 Å². The van der Waals surface area contributed by atoms with Crippen LogP contribution in [0.2, 0.25) is 0 Å². The predicted octanol–water partition coefficient (Wildman–Crippen LogP) is 2.18. The zero-order valence-corrected chi connectivity index (χ0v) is 11.5. The van der Waals surface area contributed by atoms with Crippen LogP contribution in [0.1, 0.15) is 31.9 Å². The zero-order valence-electron chi connectivity index (χ0n) is 11.5. The number of carbonyl (C=O) groups is 1. The normalized spacial score (nSPS) is 30.7. The van der Waals surface area contributed by atoms with Crippen molar-refractivity contribution in [2.24, 2.45) is 0 Å². The van der Waals surface area contributed by atoms with Crippen LogP contribution < -0.4 is 5.32 Å². The monoisotopic (exact) mass is 247 g/mol. The molecule has 1 heterocycles. The molecule has 2 atom stereocenters. The average molecular weight is 247 g/mol. The molecule has 18 heavy (non-hydrogen) atoms. The number of hydrogen-bond donors (Lipinski definition) is 1. The first-order valence-electron chi connectivity index (χ1n) is 6.53. The molecule has 0 radical (unpaired) electrons. The highest BCUT2D eigenvalue weighted by Crippen LogP contribution is 2.40. The van der Waals surface area contributed by atoms with Gasteiger partial charge in [0.1, 0.15) is 5.41 Å². The highest BCUT2D eigenvalue weighted by atomic mass is 16.5. The summed E-state index contributed by atoms with van der Waals surface area (Å²) >= 11 is 0. The molecular weight excluding hydrogens is 226 g/mol. The lowest BCUT2D eigenvalue weighted by Gasteiger charge is -2.52. The van der Waals surface area contributed by atoms with Crippen molar-refractivity contribution in [3.8, 4) is 0 Å². The Morgan fingerprint density at radius 1 is 1.39 bits per heavy atom. The van der Waals surface area contributed by atoms with Gasteiger partial charge in [0.05, 0.1) is 6.61 Å². The first-order chi connectivity index (χ1) is 8.53. The summed E-state index contributed by atoms with van der Waals surface area (Å²) in [6.07, 6.45) is 0. The van der Waals surface area contributed by atoms with E-state index in [-0.39, 0.29) is 18.1 Å². The number of benzene rings is 1. The number of aryl methyl sites for hydroxylation is 1. The second kappa shape index (κ2) is 4.73. The Bertz CT molecular complexity index is 448. The molecule has 3 heteroatoms. The second-order valence-corrected chi connectivity index (χ2v) is 5.07. The molecule has 3 nitrogen and oxygen atoms in total. The van der Waals surface area contributed by atoms with E-state index in [0.29, 0.717) is 6.61 Å². The summed E-state index contributed by atoms with van der Waals surface area (Å²) in [6.45, 7) is 8.40. The van der Waals surface area contributed by atoms with E-state index >= 15 is 0 Å². The Morgan fingerprint density at radius 3 is 2.56 bits per heavy atom. The number of ether oxygens (including phenoxy) is 1. The fourth-order valence-corrected chi connectivity index (χ4v) is 3.04. The Morgan fingerprint density at radius 2 is 2.06 bits per heavy atom. The zero-order chi connectivity index (χ0) is 13.3. The number of esters is 1. The molecule has 2 unspecified atom stereocenters. The third-order valence-electron chi connectivity index (χ3n) is 3.97. The molecule has 0 saturated carbocycles. The molecule has 98 valence electrons. The molecule has 1 aromatic carbocycles. The smallest absolute Gasteiger partial charge is 0.319 e. The van der Waals surface area contributed by atoms with Crippen molar-refractivity contribution in [2.45, 2.75) is 45.2 Å². The van der Waals surface area contributed by atoms with Crippen molar-refractivity contribution in [2.75, 3.05) is 6.61 Å². The molecule has 1 saturated heterocycles. The summed E-state index contributed by atoms with van der Waals surface area (Å²) < 4.78 is 5.31. The minimum atomic E-state index is -0.540. The van der Waals surface area contributed by atoms with E-state index in [0.717, 1.165) is 5.56 Å². The van der Waals surface area contributed by atoms with E-state index in [1.54, 1.807) is 0 Å². The van der Waals surface area contributed by atoms with Crippen LogP contribution in [0.4, 0.5) is 0 Å². The van der Waals surface area contributed by atoms with Gasteiger partial charge in [-0.05, 0) is 33.3 Å². The third kappa shape index (κ3) is 1.74. The van der Waals surface area contributed by atoms with Gasteiger partial charge in [0.2, 0.25) is 0 Å². The van der Waals surface area contributed by atoms with Crippen LogP contribution in [0, 0.1) is 6.92 Å². The topological polar surface area (TPSA) is 38.3 Å². The van der Waals surface area contributed by atoms with Gasteiger partial charge in [0.15, 0.2) is 0 Å². The van der Waals surface area contributed by atoms with Crippen LogP contribution in [0.25, 0.3) is 0 Å². The van der Waals surface area contributed by atoms with Crippen LogP contribution in [-0.2, 0) is 14.9 Å². The maximum absolute atomic E-state index is 12.4. The Hall–Kier alpha value is -1.35. The quantitative estimate of drug-likeness (QED) is 0.832. The molecule has 0 spiro atoms. The summed E-state index contributed by atoms with van der Waals surface area (Å²) in [5, 5.41) is 3.35. The fourth-order valence-electron chi connectivity index (χ4n) is 3.04. The lowest BCUT2D eigenvalue weighted by Crippen LogP contribution is -2.74. The highest BCUT2D eigenvalue weighted by Gasteiger charge is 2.58. The summed E-state index contributed by atoms with van der Waals surface area (Å²) in [4.78, 5) is 12.4. The second-order valence-electron chi connectivity index (χ2n) is 5.07. The van der Waals surface area contributed by atoms with Crippen LogP contribution in [-0.4, -0.2) is 24.7 Å². The van der Waals surface area contributed by atoms with Crippen molar-refractivity contribution in [3.05, 3.63) is 35.4 Å². The Kier molecular flexibility index (Phi) is 3.44. The van der Waals surface area contributed by atoms with Crippen molar-refractivity contribution in [1.29, 1.82) is 0 Å². The Balaban J connectivity index is 2.46. The molecule has 1 aliphatic heterocycles. The molecule has 1 aliphatic rings. The fraction of sp³-hybridized carbons (Fsp3) is 0.533. The molecule has 1 aromatic rings. The standard InChI is InChI=1S/C15H21NO2/c1-5-18-14(17)15(11(3)16-12(15)4)13-8-6-7-10(2)9-13/h6-9,11-12,16H,5H2,1-4H3. The maximum Gasteiger partial charge on any atom is 0.319 e. The van der Waals surface area contributed by atoms with Gasteiger partial charge in [-0.15, -0.1) is 0 Å². The summed E-state index contributed by atoms with van der Waals surface area (Å²) in [5.41, 5.74) is 1.68. The van der Waals surface area contributed by atoms with E-state index < -0.39 is 5.41 Å². The number of hydrogen-bond acceptors (Lipinski definition) is 3. The van der Waals surface area contributed by atoms with Gasteiger partial charge in [-0.2, -0.15) is 0 Å². The van der Waals surface area contributed by atoms with Crippen molar-refractivity contribution in [1.82, 2.24) is 5.32 Å². The molecule has 2 rings (SSSR count). The first kappa shape index (κ1) is 13.1. The van der Waals surface area contributed by atoms with Crippen LogP contribution in [0.3, 0.4) is 0 Å². The lowest BCUT2D eigenvalue weighted by molar-refractivity contribution is -0.157. The summed E-state index contributed by atoms with van der Waals surface area (Å²) in [7, 11) is 0. The van der Waals surface area contributed by atoms with E-state index in [1.165, 1.54) is 5.56 Å². The molecule has 0 bridgehead atoms. The number of rotatable bonds is 3. The lowest BCUT2D eigenvalue weighted by atomic mass is 9.63. The maximum atomic E-state index is 12.4. The number of nitrogens with one attached hydrogen (secondary N) is 1. The predicted molar refractivity (Wildman–Crippen MR) is 71.5 cm³/mol. The molecule has 1 fully saturated rings. The van der Waals surface area contributed by atoms with E-state index in [4.69, 9.17) is 4.74 Å². The van der Waals surface area contributed by atoms with Gasteiger partial charge in [0, 0.05) is 12.1 Å². The summed E-state index contributed by atoms with van der Waals surface area (Å²) in [6, 6.07) is 8.37. The van der Waals surface area contributed by atoms with Crippen LogP contribution in [0.5, 0.6) is 0 Å². The van der Waals surface area contributed by atoms with E-state index in [9.17, 15) is 4.79 Å².